The smallest absolute Gasteiger partial charge is 0.406 e. The van der Waals surface area contributed by atoms with Gasteiger partial charge in [0.25, 0.3) is 0 Å². The Kier molecular flexibility index (Phi) is 6.73. The number of carbonyl (C=O) groups excluding carboxylic acids is 2. The maximum atomic E-state index is 12.1. The Balaban J connectivity index is 2.41. The molecule has 1 amide bonds. The van der Waals surface area contributed by atoms with Gasteiger partial charge in [-0.1, -0.05) is 12.1 Å². The van der Waals surface area contributed by atoms with E-state index in [1.165, 1.54) is 18.9 Å². The van der Waals surface area contributed by atoms with Crippen LogP contribution in [0, 0.1) is 0 Å². The Hall–Kier alpha value is -1.70. The zero-order valence-corrected chi connectivity index (χ0v) is 13.0. The summed E-state index contributed by atoms with van der Waals surface area (Å²) >= 11 is 1.21. The van der Waals surface area contributed by atoms with Crippen molar-refractivity contribution in [3.8, 4) is 0 Å². The van der Waals surface area contributed by atoms with Crippen molar-refractivity contribution in [2.45, 2.75) is 11.9 Å². The van der Waals surface area contributed by atoms with E-state index in [9.17, 15) is 22.8 Å². The van der Waals surface area contributed by atoms with Gasteiger partial charge in [0.1, 0.15) is 6.54 Å². The van der Waals surface area contributed by atoms with E-state index in [4.69, 9.17) is 0 Å². The topological polar surface area (TPSA) is 46.6 Å². The number of hydrogen-bond donors (Lipinski definition) is 0. The average Bonchev–Trinajstić information content (AvgIpc) is 2.45. The molecule has 0 aromatic heterocycles. The highest BCUT2D eigenvalue weighted by molar-refractivity contribution is 7.99. The predicted molar refractivity (Wildman–Crippen MR) is 77.6 cm³/mol. The molecule has 1 aromatic carbocycles. The fourth-order valence-corrected chi connectivity index (χ4v) is 2.50. The van der Waals surface area contributed by atoms with Crippen molar-refractivity contribution in [2.75, 3.05) is 26.5 Å². The second-order valence-corrected chi connectivity index (χ2v) is 5.53. The summed E-state index contributed by atoms with van der Waals surface area (Å²) in [5, 5.41) is 0. The highest BCUT2D eigenvalue weighted by atomic mass is 32.2. The number of nitrogens with zero attached hydrogens (tertiary/aromatic N) is 1. The van der Waals surface area contributed by atoms with Gasteiger partial charge in [-0.15, -0.1) is 11.8 Å². The van der Waals surface area contributed by atoms with Gasteiger partial charge in [0.15, 0.2) is 0 Å². The fraction of sp³-hybridized carbons (Fsp3) is 0.429. The second-order valence-electron chi connectivity index (χ2n) is 4.55. The number of rotatable bonds is 6. The van der Waals surface area contributed by atoms with E-state index < -0.39 is 24.6 Å². The van der Waals surface area contributed by atoms with Crippen LogP contribution in [0.15, 0.2) is 24.3 Å². The number of carbonyl (C=O) groups is 2. The van der Waals surface area contributed by atoms with Gasteiger partial charge in [-0.05, 0) is 17.7 Å². The number of amides is 1. The SMILES string of the molecule is COC(=O)c1ccc(CSCC(=O)N(C)CC(F)(F)F)cc1. The lowest BCUT2D eigenvalue weighted by Crippen LogP contribution is -2.36. The van der Waals surface area contributed by atoms with Crippen molar-refractivity contribution in [3.63, 3.8) is 0 Å². The van der Waals surface area contributed by atoms with Crippen molar-refractivity contribution >= 4 is 23.6 Å². The number of esters is 1. The van der Waals surface area contributed by atoms with E-state index >= 15 is 0 Å². The maximum absolute atomic E-state index is 12.1. The third-order valence-corrected chi connectivity index (χ3v) is 3.70. The molecule has 0 unspecified atom stereocenters. The molecule has 0 spiro atoms. The summed E-state index contributed by atoms with van der Waals surface area (Å²) in [6, 6.07) is 6.62. The molecule has 0 fully saturated rings. The minimum atomic E-state index is -4.39. The standard InChI is InChI=1S/C14H16F3NO3S/c1-18(9-14(15,16)17)12(19)8-22-7-10-3-5-11(6-4-10)13(20)21-2/h3-6H,7-9H2,1-2H3. The predicted octanol–water partition coefficient (Wildman–Crippen LogP) is 2.73. The molecule has 1 rings (SSSR count). The van der Waals surface area contributed by atoms with E-state index in [2.05, 4.69) is 4.74 Å². The molecule has 0 N–H and O–H groups in total. The monoisotopic (exact) mass is 335 g/mol. The molecule has 0 heterocycles. The summed E-state index contributed by atoms with van der Waals surface area (Å²) in [7, 11) is 2.41. The fourth-order valence-electron chi connectivity index (χ4n) is 1.58. The van der Waals surface area contributed by atoms with Crippen LogP contribution in [-0.2, 0) is 15.3 Å². The Morgan fingerprint density at radius 2 is 1.82 bits per heavy atom. The summed E-state index contributed by atoms with van der Waals surface area (Å²) in [6.45, 7) is -1.25. The summed E-state index contributed by atoms with van der Waals surface area (Å²) in [4.78, 5) is 23.4. The molecule has 0 aliphatic carbocycles. The van der Waals surface area contributed by atoms with Gasteiger partial charge in [-0.25, -0.2) is 4.79 Å². The molecule has 1 aromatic rings. The summed E-state index contributed by atoms with van der Waals surface area (Å²) in [6.07, 6.45) is -4.39. The molecule has 22 heavy (non-hydrogen) atoms. The zero-order valence-electron chi connectivity index (χ0n) is 12.1. The molecule has 0 saturated carbocycles. The van der Waals surface area contributed by atoms with Crippen LogP contribution < -0.4 is 0 Å². The minimum Gasteiger partial charge on any atom is -0.465 e. The first kappa shape index (κ1) is 18.3. The molecule has 4 nitrogen and oxygen atoms in total. The molecule has 0 radical (unpaired) electrons. The molecule has 0 atom stereocenters. The summed E-state index contributed by atoms with van der Waals surface area (Å²) < 4.78 is 41.0. The van der Waals surface area contributed by atoms with Crippen LogP contribution in [0.2, 0.25) is 0 Å². The third kappa shape index (κ3) is 6.38. The maximum Gasteiger partial charge on any atom is 0.406 e. The summed E-state index contributed by atoms with van der Waals surface area (Å²) in [5.41, 5.74) is 1.28. The number of halogens is 3. The van der Waals surface area contributed by atoms with Crippen molar-refractivity contribution in [2.24, 2.45) is 0 Å². The number of thioether (sulfide) groups is 1. The molecular weight excluding hydrogens is 319 g/mol. The normalized spacial score (nSPS) is 11.1. The average molecular weight is 335 g/mol. The number of methoxy groups -OCH3 is 1. The van der Waals surface area contributed by atoms with Gasteiger partial charge in [0, 0.05) is 12.8 Å². The molecule has 0 aliphatic heterocycles. The third-order valence-electron chi connectivity index (χ3n) is 2.71. The van der Waals surface area contributed by atoms with Gasteiger partial charge in [0.05, 0.1) is 18.4 Å². The van der Waals surface area contributed by atoms with E-state index in [0.717, 1.165) is 12.6 Å². The largest absolute Gasteiger partial charge is 0.465 e. The van der Waals surface area contributed by atoms with Crippen LogP contribution in [0.25, 0.3) is 0 Å². The Morgan fingerprint density at radius 3 is 2.32 bits per heavy atom. The Morgan fingerprint density at radius 1 is 1.23 bits per heavy atom. The van der Waals surface area contributed by atoms with Crippen molar-refractivity contribution in [1.29, 1.82) is 0 Å². The lowest BCUT2D eigenvalue weighted by molar-refractivity contribution is -0.156. The first-order valence-corrected chi connectivity index (χ1v) is 7.44. The summed E-state index contributed by atoms with van der Waals surface area (Å²) in [5.74, 6) is -0.588. The van der Waals surface area contributed by atoms with Gasteiger partial charge >= 0.3 is 12.1 Å². The highest BCUT2D eigenvalue weighted by Gasteiger charge is 2.30. The van der Waals surface area contributed by atoms with E-state index in [1.54, 1.807) is 24.3 Å². The zero-order chi connectivity index (χ0) is 16.8. The van der Waals surface area contributed by atoms with Crippen LogP contribution in [-0.4, -0.2) is 49.4 Å². The molecule has 0 aliphatic rings. The number of ether oxygens (including phenoxy) is 1. The first-order chi connectivity index (χ1) is 10.2. The van der Waals surface area contributed by atoms with Crippen LogP contribution in [0.4, 0.5) is 13.2 Å². The van der Waals surface area contributed by atoms with Crippen LogP contribution in [0.3, 0.4) is 0 Å². The first-order valence-electron chi connectivity index (χ1n) is 6.28. The molecule has 8 heteroatoms. The number of benzene rings is 1. The van der Waals surface area contributed by atoms with Crippen LogP contribution in [0.1, 0.15) is 15.9 Å². The minimum absolute atomic E-state index is 0.0364. The van der Waals surface area contributed by atoms with Crippen molar-refractivity contribution in [1.82, 2.24) is 4.90 Å². The van der Waals surface area contributed by atoms with Crippen molar-refractivity contribution in [3.05, 3.63) is 35.4 Å². The van der Waals surface area contributed by atoms with Gasteiger partial charge in [0.2, 0.25) is 5.91 Å². The molecule has 0 bridgehead atoms. The van der Waals surface area contributed by atoms with Crippen LogP contribution >= 0.6 is 11.8 Å². The lowest BCUT2D eigenvalue weighted by Gasteiger charge is -2.18. The Bertz CT molecular complexity index is 517. The van der Waals surface area contributed by atoms with E-state index in [-0.39, 0.29) is 5.75 Å². The molecular formula is C14H16F3NO3S. The number of alkyl halides is 3. The highest BCUT2D eigenvalue weighted by Crippen LogP contribution is 2.17. The van der Waals surface area contributed by atoms with E-state index in [1.807, 2.05) is 0 Å². The molecule has 0 saturated heterocycles. The Labute approximate surface area is 130 Å². The quantitative estimate of drug-likeness (QED) is 0.750. The lowest BCUT2D eigenvalue weighted by atomic mass is 10.1. The van der Waals surface area contributed by atoms with Gasteiger partial charge in [-0.3, -0.25) is 4.79 Å². The van der Waals surface area contributed by atoms with Gasteiger partial charge < -0.3 is 9.64 Å². The number of hydrogen-bond acceptors (Lipinski definition) is 4. The second kappa shape index (κ2) is 8.07. The van der Waals surface area contributed by atoms with Gasteiger partial charge in [-0.2, -0.15) is 13.2 Å². The molecule has 122 valence electrons. The van der Waals surface area contributed by atoms with Crippen LogP contribution in [0.5, 0.6) is 0 Å². The van der Waals surface area contributed by atoms with Crippen molar-refractivity contribution < 1.29 is 27.5 Å². The van der Waals surface area contributed by atoms with E-state index in [0.29, 0.717) is 16.2 Å².